The minimum atomic E-state index is -0.0307. The zero-order valence-corrected chi connectivity index (χ0v) is 13.1. The van der Waals surface area contributed by atoms with Crippen molar-refractivity contribution in [1.29, 1.82) is 0 Å². The maximum absolute atomic E-state index is 5.23. The molecule has 1 unspecified atom stereocenters. The molecule has 0 aliphatic rings. The van der Waals surface area contributed by atoms with E-state index in [0.717, 1.165) is 28.4 Å². The van der Waals surface area contributed by atoms with E-state index in [4.69, 9.17) is 9.47 Å². The van der Waals surface area contributed by atoms with E-state index in [1.807, 2.05) is 54.7 Å². The fraction of sp³-hybridized carbons (Fsp3) is 0.167. The summed E-state index contributed by atoms with van der Waals surface area (Å²) in [5.74, 6) is 1.67. The van der Waals surface area contributed by atoms with Gasteiger partial charge >= 0.3 is 0 Å². The van der Waals surface area contributed by atoms with Gasteiger partial charge in [-0.2, -0.15) is 0 Å². The Bertz CT molecular complexity index is 722. The Balaban J connectivity index is 1.88. The highest BCUT2D eigenvalue weighted by Gasteiger charge is 2.15. The molecule has 1 atom stereocenters. The Morgan fingerprint density at radius 3 is 2.04 bits per heavy atom. The molecule has 0 fully saturated rings. The van der Waals surface area contributed by atoms with Gasteiger partial charge in [-0.05, 0) is 42.0 Å². The van der Waals surface area contributed by atoms with Crippen LogP contribution in [-0.2, 0) is 0 Å². The van der Waals surface area contributed by atoms with Crippen molar-refractivity contribution in [3.63, 3.8) is 0 Å². The number of nitrogens with zero attached hydrogens (tertiary/aromatic N) is 1. The first-order valence-corrected chi connectivity index (χ1v) is 7.33. The highest BCUT2D eigenvalue weighted by atomic mass is 16.5. The van der Waals surface area contributed by atoms with Crippen molar-refractivity contribution in [2.45, 2.75) is 6.04 Å². The zero-order valence-electron chi connectivity index (χ0n) is 13.1. The van der Waals surface area contributed by atoms with Crippen molar-refractivity contribution in [2.24, 2.45) is 0 Å². The first-order valence-electron chi connectivity index (χ1n) is 7.33. The summed E-state index contributed by atoms with van der Waals surface area (Å²) in [5.41, 5.74) is 3.11. The summed E-state index contributed by atoms with van der Waals surface area (Å²) in [6.45, 7) is 0. The molecule has 1 aromatic heterocycles. The molecule has 0 amide bonds. The van der Waals surface area contributed by atoms with E-state index >= 15 is 0 Å². The van der Waals surface area contributed by atoms with Crippen LogP contribution >= 0.6 is 0 Å². The number of aromatic amines is 1. The highest BCUT2D eigenvalue weighted by molar-refractivity contribution is 5.50. The fourth-order valence-corrected chi connectivity index (χ4v) is 2.42. The van der Waals surface area contributed by atoms with Gasteiger partial charge < -0.3 is 19.8 Å². The molecule has 23 heavy (non-hydrogen) atoms. The molecule has 118 valence electrons. The van der Waals surface area contributed by atoms with Crippen LogP contribution in [0.4, 0.5) is 5.69 Å². The number of rotatable bonds is 6. The Morgan fingerprint density at radius 1 is 0.913 bits per heavy atom. The van der Waals surface area contributed by atoms with Gasteiger partial charge in [0.05, 0.1) is 38.5 Å². The topological polar surface area (TPSA) is 59.2 Å². The number of nitrogens with one attached hydrogen (secondary N) is 2. The summed E-state index contributed by atoms with van der Waals surface area (Å²) < 4.78 is 10.4. The Morgan fingerprint density at radius 2 is 1.52 bits per heavy atom. The maximum atomic E-state index is 5.23. The maximum Gasteiger partial charge on any atom is 0.119 e. The van der Waals surface area contributed by atoms with Crippen LogP contribution in [0.1, 0.15) is 17.3 Å². The van der Waals surface area contributed by atoms with E-state index in [1.54, 1.807) is 20.5 Å². The molecule has 0 spiro atoms. The van der Waals surface area contributed by atoms with Crippen LogP contribution in [0.5, 0.6) is 11.5 Å². The fourth-order valence-electron chi connectivity index (χ4n) is 2.42. The van der Waals surface area contributed by atoms with E-state index in [-0.39, 0.29) is 6.04 Å². The molecule has 2 N–H and O–H groups in total. The number of anilines is 1. The molecular formula is C18H19N3O2. The van der Waals surface area contributed by atoms with Crippen molar-refractivity contribution in [1.82, 2.24) is 9.97 Å². The lowest BCUT2D eigenvalue weighted by molar-refractivity contribution is 0.414. The summed E-state index contributed by atoms with van der Waals surface area (Å²) in [4.78, 5) is 7.31. The van der Waals surface area contributed by atoms with Crippen molar-refractivity contribution in [3.05, 3.63) is 72.3 Å². The van der Waals surface area contributed by atoms with Gasteiger partial charge in [0.1, 0.15) is 11.5 Å². The second-order valence-electron chi connectivity index (χ2n) is 5.09. The molecule has 5 nitrogen and oxygen atoms in total. The second kappa shape index (κ2) is 6.87. The highest BCUT2D eigenvalue weighted by Crippen LogP contribution is 2.27. The normalized spacial score (nSPS) is 11.7. The van der Waals surface area contributed by atoms with Crippen LogP contribution in [0.3, 0.4) is 0 Å². The van der Waals surface area contributed by atoms with Gasteiger partial charge in [0, 0.05) is 5.69 Å². The first-order chi connectivity index (χ1) is 11.3. The number of ether oxygens (including phenoxy) is 2. The lowest BCUT2D eigenvalue weighted by Crippen LogP contribution is -2.12. The summed E-state index contributed by atoms with van der Waals surface area (Å²) in [5, 5.41) is 3.52. The third kappa shape index (κ3) is 3.45. The van der Waals surface area contributed by atoms with Gasteiger partial charge in [0.15, 0.2) is 0 Å². The van der Waals surface area contributed by atoms with Gasteiger partial charge in [-0.25, -0.2) is 4.98 Å². The standard InChI is InChI=1S/C18H19N3O2/c1-22-15-7-3-13(4-8-15)18(17-11-19-12-20-17)21-14-5-9-16(23-2)10-6-14/h3-12,18,21H,1-2H3,(H,19,20). The average molecular weight is 309 g/mol. The van der Waals surface area contributed by atoms with Gasteiger partial charge in [0.25, 0.3) is 0 Å². The molecule has 0 saturated carbocycles. The van der Waals surface area contributed by atoms with Crippen LogP contribution in [0.2, 0.25) is 0 Å². The molecule has 1 heterocycles. The van der Waals surface area contributed by atoms with E-state index in [0.29, 0.717) is 0 Å². The average Bonchev–Trinajstić information content (AvgIpc) is 3.15. The molecule has 0 bridgehead atoms. The Hall–Kier alpha value is -2.95. The smallest absolute Gasteiger partial charge is 0.119 e. The van der Waals surface area contributed by atoms with Crippen molar-refractivity contribution in [3.8, 4) is 11.5 Å². The van der Waals surface area contributed by atoms with Crippen molar-refractivity contribution < 1.29 is 9.47 Å². The molecule has 3 aromatic rings. The minimum Gasteiger partial charge on any atom is -0.497 e. The molecule has 0 aliphatic heterocycles. The SMILES string of the molecule is COc1ccc(NC(c2ccc(OC)cc2)c2cnc[nH]2)cc1. The first kappa shape index (κ1) is 15.0. The van der Waals surface area contributed by atoms with Gasteiger partial charge in [0.2, 0.25) is 0 Å². The van der Waals surface area contributed by atoms with Crippen LogP contribution in [0, 0.1) is 0 Å². The number of hydrogen-bond acceptors (Lipinski definition) is 4. The van der Waals surface area contributed by atoms with E-state index < -0.39 is 0 Å². The van der Waals surface area contributed by atoms with Crippen molar-refractivity contribution >= 4 is 5.69 Å². The van der Waals surface area contributed by atoms with Crippen LogP contribution in [-0.4, -0.2) is 24.2 Å². The van der Waals surface area contributed by atoms with E-state index in [9.17, 15) is 0 Å². The summed E-state index contributed by atoms with van der Waals surface area (Å²) in [6.07, 6.45) is 3.51. The summed E-state index contributed by atoms with van der Waals surface area (Å²) in [7, 11) is 3.32. The van der Waals surface area contributed by atoms with Crippen molar-refractivity contribution in [2.75, 3.05) is 19.5 Å². The molecular weight excluding hydrogens is 290 g/mol. The monoisotopic (exact) mass is 309 g/mol. The van der Waals surface area contributed by atoms with Gasteiger partial charge in [-0.3, -0.25) is 0 Å². The van der Waals surface area contributed by atoms with E-state index in [1.165, 1.54) is 0 Å². The number of aromatic nitrogens is 2. The predicted octanol–water partition coefficient (Wildman–Crippen LogP) is 3.63. The van der Waals surface area contributed by atoms with Crippen LogP contribution in [0.25, 0.3) is 0 Å². The quantitative estimate of drug-likeness (QED) is 0.730. The van der Waals surface area contributed by atoms with Crippen LogP contribution in [0.15, 0.2) is 61.1 Å². The Kier molecular flexibility index (Phi) is 4.47. The lowest BCUT2D eigenvalue weighted by atomic mass is 10.0. The predicted molar refractivity (Wildman–Crippen MR) is 90.0 cm³/mol. The number of H-pyrrole nitrogens is 1. The molecule has 0 saturated heterocycles. The number of imidazole rings is 1. The molecule has 3 rings (SSSR count). The summed E-state index contributed by atoms with van der Waals surface area (Å²) >= 11 is 0. The number of methoxy groups -OCH3 is 2. The second-order valence-corrected chi connectivity index (χ2v) is 5.09. The third-order valence-electron chi connectivity index (χ3n) is 3.68. The molecule has 0 aliphatic carbocycles. The Labute approximate surface area is 135 Å². The van der Waals surface area contributed by atoms with E-state index in [2.05, 4.69) is 15.3 Å². The summed E-state index contributed by atoms with van der Waals surface area (Å²) in [6, 6.07) is 15.8. The molecule has 5 heteroatoms. The third-order valence-corrected chi connectivity index (χ3v) is 3.68. The largest absolute Gasteiger partial charge is 0.497 e. The van der Waals surface area contributed by atoms with Gasteiger partial charge in [-0.15, -0.1) is 0 Å². The number of hydrogen-bond donors (Lipinski definition) is 2. The minimum absolute atomic E-state index is 0.0307. The number of benzene rings is 2. The van der Waals surface area contributed by atoms with Gasteiger partial charge in [-0.1, -0.05) is 12.1 Å². The molecule has 2 aromatic carbocycles. The van der Waals surface area contributed by atoms with Crippen LogP contribution < -0.4 is 14.8 Å². The molecule has 0 radical (unpaired) electrons. The zero-order chi connectivity index (χ0) is 16.1. The lowest BCUT2D eigenvalue weighted by Gasteiger charge is -2.19.